The lowest BCUT2D eigenvalue weighted by Crippen LogP contribution is -2.15. The van der Waals surface area contributed by atoms with Gasteiger partial charge in [-0.05, 0) is 32.0 Å². The summed E-state index contributed by atoms with van der Waals surface area (Å²) in [5, 5.41) is 11.3. The van der Waals surface area contributed by atoms with Gasteiger partial charge in [-0.1, -0.05) is 33.8 Å². The van der Waals surface area contributed by atoms with Crippen LogP contribution in [0.5, 0.6) is 0 Å². The van der Waals surface area contributed by atoms with Crippen molar-refractivity contribution in [3.05, 3.63) is 28.7 Å². The molecule has 1 amide bonds. The highest BCUT2D eigenvalue weighted by atomic mass is 79.9. The van der Waals surface area contributed by atoms with E-state index in [1.54, 1.807) is 4.57 Å². The Labute approximate surface area is 135 Å². The number of thioether (sulfide) groups is 1. The fraction of sp³-hybridized carbons (Fsp3) is 0.308. The standard InChI is InChI=1S/C13H16BrN5OS/c1-8(2)19-12(15)17-18-13(19)21-7-11(20)16-10-5-3-4-9(14)6-10/h3-6,8H,7H2,1-2H3,(H2,15,17)(H,16,20). The van der Waals surface area contributed by atoms with Crippen molar-refractivity contribution in [3.63, 3.8) is 0 Å². The molecule has 0 radical (unpaired) electrons. The highest BCUT2D eigenvalue weighted by Gasteiger charge is 2.14. The van der Waals surface area contributed by atoms with Gasteiger partial charge in [0.05, 0.1) is 5.75 Å². The quantitative estimate of drug-likeness (QED) is 0.791. The molecule has 3 N–H and O–H groups in total. The molecule has 2 rings (SSSR count). The molecule has 0 atom stereocenters. The van der Waals surface area contributed by atoms with Crippen LogP contribution in [0.3, 0.4) is 0 Å². The third kappa shape index (κ3) is 4.21. The van der Waals surface area contributed by atoms with Gasteiger partial charge in [0, 0.05) is 16.2 Å². The Morgan fingerprint density at radius 2 is 2.24 bits per heavy atom. The van der Waals surface area contributed by atoms with Gasteiger partial charge in [0.25, 0.3) is 0 Å². The zero-order valence-corrected chi connectivity index (χ0v) is 14.1. The van der Waals surface area contributed by atoms with Crippen LogP contribution in [-0.2, 0) is 4.79 Å². The molecule has 1 aromatic heterocycles. The predicted octanol–water partition coefficient (Wildman–Crippen LogP) is 2.93. The Balaban J connectivity index is 1.96. The Bertz CT molecular complexity index is 643. The Morgan fingerprint density at radius 1 is 1.48 bits per heavy atom. The number of rotatable bonds is 5. The number of benzene rings is 1. The van der Waals surface area contributed by atoms with Gasteiger partial charge in [0.1, 0.15) is 0 Å². The number of carbonyl (C=O) groups is 1. The molecule has 2 aromatic rings. The van der Waals surface area contributed by atoms with Crippen molar-refractivity contribution in [3.8, 4) is 0 Å². The van der Waals surface area contributed by atoms with E-state index in [1.807, 2.05) is 38.1 Å². The first kappa shape index (κ1) is 15.8. The zero-order chi connectivity index (χ0) is 15.4. The number of hydrogen-bond donors (Lipinski definition) is 2. The molecule has 0 unspecified atom stereocenters. The molecule has 1 aromatic carbocycles. The van der Waals surface area contributed by atoms with Crippen LogP contribution in [0, 0.1) is 0 Å². The predicted molar refractivity (Wildman–Crippen MR) is 88.3 cm³/mol. The largest absolute Gasteiger partial charge is 0.368 e. The fourth-order valence-electron chi connectivity index (χ4n) is 1.77. The minimum atomic E-state index is -0.102. The summed E-state index contributed by atoms with van der Waals surface area (Å²) in [6.45, 7) is 3.98. The van der Waals surface area contributed by atoms with Crippen LogP contribution < -0.4 is 11.1 Å². The summed E-state index contributed by atoms with van der Waals surface area (Å²) < 4.78 is 2.72. The number of aromatic nitrogens is 3. The Kier molecular flexibility index (Phi) is 5.24. The third-order valence-corrected chi connectivity index (χ3v) is 4.08. The molecule has 0 fully saturated rings. The third-order valence-electron chi connectivity index (χ3n) is 2.65. The monoisotopic (exact) mass is 369 g/mol. The molecule has 8 heteroatoms. The van der Waals surface area contributed by atoms with Gasteiger partial charge in [0.2, 0.25) is 11.9 Å². The summed E-state index contributed by atoms with van der Waals surface area (Å²) in [5.74, 6) is 0.507. The van der Waals surface area contributed by atoms with Gasteiger partial charge in [-0.3, -0.25) is 9.36 Å². The van der Waals surface area contributed by atoms with E-state index in [2.05, 4.69) is 31.4 Å². The summed E-state index contributed by atoms with van der Waals surface area (Å²) in [6, 6.07) is 7.59. The lowest BCUT2D eigenvalue weighted by molar-refractivity contribution is -0.113. The van der Waals surface area contributed by atoms with E-state index in [0.29, 0.717) is 11.1 Å². The molecule has 6 nitrogen and oxygen atoms in total. The first-order valence-electron chi connectivity index (χ1n) is 6.36. The van der Waals surface area contributed by atoms with Gasteiger partial charge in [0.15, 0.2) is 5.16 Å². The van der Waals surface area contributed by atoms with Crippen molar-refractivity contribution < 1.29 is 4.79 Å². The van der Waals surface area contributed by atoms with Crippen molar-refractivity contribution in [2.75, 3.05) is 16.8 Å². The number of halogens is 1. The minimum Gasteiger partial charge on any atom is -0.368 e. The highest BCUT2D eigenvalue weighted by Crippen LogP contribution is 2.23. The van der Waals surface area contributed by atoms with Crippen LogP contribution in [0.4, 0.5) is 11.6 Å². The maximum Gasteiger partial charge on any atom is 0.234 e. The molecule has 0 aliphatic carbocycles. The molecular weight excluding hydrogens is 354 g/mol. The summed E-state index contributed by atoms with van der Waals surface area (Å²) >= 11 is 4.68. The summed E-state index contributed by atoms with van der Waals surface area (Å²) in [6.07, 6.45) is 0. The van der Waals surface area contributed by atoms with Crippen molar-refractivity contribution >= 4 is 45.2 Å². The molecule has 0 aliphatic heterocycles. The number of nitrogens with one attached hydrogen (secondary N) is 1. The van der Waals surface area contributed by atoms with Gasteiger partial charge in [-0.2, -0.15) is 0 Å². The van der Waals surface area contributed by atoms with E-state index in [9.17, 15) is 4.79 Å². The number of carbonyl (C=O) groups excluding carboxylic acids is 1. The average Bonchev–Trinajstić information content (AvgIpc) is 2.77. The topological polar surface area (TPSA) is 85.8 Å². The number of amides is 1. The molecule has 21 heavy (non-hydrogen) atoms. The van der Waals surface area contributed by atoms with Crippen LogP contribution in [-0.4, -0.2) is 26.4 Å². The number of anilines is 2. The van der Waals surface area contributed by atoms with Crippen LogP contribution in [0.1, 0.15) is 19.9 Å². The maximum absolute atomic E-state index is 11.9. The van der Waals surface area contributed by atoms with Crippen LogP contribution >= 0.6 is 27.7 Å². The normalized spacial score (nSPS) is 10.9. The van der Waals surface area contributed by atoms with Crippen molar-refractivity contribution in [2.45, 2.75) is 25.0 Å². The van der Waals surface area contributed by atoms with E-state index in [0.717, 1.165) is 10.2 Å². The van der Waals surface area contributed by atoms with Crippen LogP contribution in [0.2, 0.25) is 0 Å². The SMILES string of the molecule is CC(C)n1c(N)nnc1SCC(=O)Nc1cccc(Br)c1. The minimum absolute atomic E-state index is 0.102. The number of nitrogens with two attached hydrogens (primary N) is 1. The van der Waals surface area contributed by atoms with Crippen molar-refractivity contribution in [2.24, 2.45) is 0 Å². The molecule has 0 spiro atoms. The van der Waals surface area contributed by atoms with Gasteiger partial charge < -0.3 is 11.1 Å². The second kappa shape index (κ2) is 6.95. The first-order valence-corrected chi connectivity index (χ1v) is 8.14. The molecule has 112 valence electrons. The Hall–Kier alpha value is -1.54. The summed E-state index contributed by atoms with van der Waals surface area (Å²) in [5.41, 5.74) is 6.51. The lowest BCUT2D eigenvalue weighted by atomic mass is 10.3. The number of hydrogen-bond acceptors (Lipinski definition) is 5. The second-order valence-electron chi connectivity index (χ2n) is 4.65. The fourth-order valence-corrected chi connectivity index (χ4v) is 3.04. The highest BCUT2D eigenvalue weighted by molar-refractivity contribution is 9.10. The van der Waals surface area contributed by atoms with E-state index in [4.69, 9.17) is 5.73 Å². The number of nitrogen functional groups attached to an aromatic ring is 1. The molecule has 0 saturated carbocycles. The second-order valence-corrected chi connectivity index (χ2v) is 6.51. The average molecular weight is 370 g/mol. The van der Waals surface area contributed by atoms with Gasteiger partial charge in [-0.15, -0.1) is 10.2 Å². The van der Waals surface area contributed by atoms with E-state index >= 15 is 0 Å². The van der Waals surface area contributed by atoms with Crippen LogP contribution in [0.15, 0.2) is 33.9 Å². The molecule has 0 bridgehead atoms. The molecule has 0 saturated heterocycles. The van der Waals surface area contributed by atoms with Gasteiger partial charge >= 0.3 is 0 Å². The summed E-state index contributed by atoms with van der Waals surface area (Å²) in [4.78, 5) is 11.9. The van der Waals surface area contributed by atoms with Crippen LogP contribution in [0.25, 0.3) is 0 Å². The molecular formula is C13H16BrN5OS. The smallest absolute Gasteiger partial charge is 0.234 e. The number of nitrogens with zero attached hydrogens (tertiary/aromatic N) is 3. The Morgan fingerprint density at radius 3 is 2.90 bits per heavy atom. The van der Waals surface area contributed by atoms with E-state index in [1.165, 1.54) is 11.8 Å². The zero-order valence-electron chi connectivity index (χ0n) is 11.7. The maximum atomic E-state index is 11.9. The van der Waals surface area contributed by atoms with E-state index < -0.39 is 0 Å². The molecule has 0 aliphatic rings. The summed E-state index contributed by atoms with van der Waals surface area (Å²) in [7, 11) is 0. The first-order chi connectivity index (χ1) is 9.97. The van der Waals surface area contributed by atoms with Crippen molar-refractivity contribution in [1.29, 1.82) is 0 Å². The van der Waals surface area contributed by atoms with E-state index in [-0.39, 0.29) is 17.7 Å². The molecule has 1 heterocycles. The van der Waals surface area contributed by atoms with Gasteiger partial charge in [-0.25, -0.2) is 0 Å². The van der Waals surface area contributed by atoms with Crippen molar-refractivity contribution in [1.82, 2.24) is 14.8 Å². The lowest BCUT2D eigenvalue weighted by Gasteiger charge is -2.11.